The van der Waals surface area contributed by atoms with Crippen molar-refractivity contribution in [3.05, 3.63) is 88.3 Å². The summed E-state index contributed by atoms with van der Waals surface area (Å²) in [6.07, 6.45) is 1.51. The summed E-state index contributed by atoms with van der Waals surface area (Å²) in [5, 5.41) is 14.2. The van der Waals surface area contributed by atoms with Crippen molar-refractivity contribution in [1.82, 2.24) is 9.55 Å². The van der Waals surface area contributed by atoms with Crippen LogP contribution in [-0.4, -0.2) is 36.0 Å². The topological polar surface area (TPSA) is 123 Å². The Bertz CT molecular complexity index is 1610. The normalized spacial score (nSPS) is 14.3. The van der Waals surface area contributed by atoms with Crippen molar-refractivity contribution in [1.29, 1.82) is 0 Å². The maximum absolute atomic E-state index is 13.6. The fourth-order valence-electron chi connectivity index (χ4n) is 3.80. The van der Waals surface area contributed by atoms with Gasteiger partial charge in [-0.2, -0.15) is 8.42 Å². The van der Waals surface area contributed by atoms with Gasteiger partial charge < -0.3 is 15.2 Å². The molecule has 3 heterocycles. The smallest absolute Gasteiger partial charge is 0.286 e. The van der Waals surface area contributed by atoms with Gasteiger partial charge in [0.25, 0.3) is 15.6 Å². The highest BCUT2D eigenvalue weighted by atomic mass is 32.2. The molecule has 0 amide bonds. The zero-order valence-corrected chi connectivity index (χ0v) is 18.2. The number of sulfonamides is 1. The fraction of sp³-hybridized carbons (Fsp3) is 0.0870. The van der Waals surface area contributed by atoms with Gasteiger partial charge >= 0.3 is 0 Å². The first-order valence-electron chi connectivity index (χ1n) is 9.94. The molecule has 0 spiro atoms. The van der Waals surface area contributed by atoms with Crippen LogP contribution in [0.4, 0.5) is 5.69 Å². The average Bonchev–Trinajstić information content (AvgIpc) is 2.82. The van der Waals surface area contributed by atoms with Crippen LogP contribution in [0.5, 0.6) is 11.5 Å². The van der Waals surface area contributed by atoms with Crippen molar-refractivity contribution in [2.45, 2.75) is 11.4 Å². The van der Waals surface area contributed by atoms with Crippen LogP contribution in [0.1, 0.15) is 11.1 Å². The monoisotopic (exact) mass is 462 g/mol. The molecule has 0 bridgehead atoms. The Hall–Kier alpha value is -4.18. The summed E-state index contributed by atoms with van der Waals surface area (Å²) >= 11 is 0. The van der Waals surface area contributed by atoms with Crippen molar-refractivity contribution in [3.8, 4) is 11.5 Å². The highest BCUT2D eigenvalue weighted by Crippen LogP contribution is 2.31. The molecule has 0 saturated carbocycles. The van der Waals surface area contributed by atoms with E-state index in [2.05, 4.69) is 14.7 Å². The van der Waals surface area contributed by atoms with Gasteiger partial charge in [-0.3, -0.25) is 9.36 Å². The van der Waals surface area contributed by atoms with Gasteiger partial charge in [-0.05, 0) is 42.0 Å². The maximum Gasteiger partial charge on any atom is 0.286 e. The first kappa shape index (κ1) is 20.7. The van der Waals surface area contributed by atoms with Crippen molar-refractivity contribution in [3.63, 3.8) is 0 Å². The van der Waals surface area contributed by atoms with Crippen LogP contribution in [0, 0.1) is 0 Å². The number of para-hydroxylation sites is 1. The molecule has 1 aliphatic rings. The Morgan fingerprint density at radius 2 is 1.91 bits per heavy atom. The van der Waals surface area contributed by atoms with Crippen molar-refractivity contribution >= 4 is 32.6 Å². The summed E-state index contributed by atoms with van der Waals surface area (Å²) in [6.45, 7) is 0.118. The van der Waals surface area contributed by atoms with Crippen LogP contribution >= 0.6 is 0 Å². The second-order valence-electron chi connectivity index (χ2n) is 7.38. The second kappa shape index (κ2) is 7.75. The molecule has 166 valence electrons. The summed E-state index contributed by atoms with van der Waals surface area (Å²) in [7, 11) is -2.53. The van der Waals surface area contributed by atoms with E-state index < -0.39 is 21.3 Å². The van der Waals surface area contributed by atoms with Gasteiger partial charge in [0.1, 0.15) is 27.6 Å². The van der Waals surface area contributed by atoms with E-state index in [9.17, 15) is 18.3 Å². The van der Waals surface area contributed by atoms with Gasteiger partial charge in [0.2, 0.25) is 0 Å². The zero-order valence-electron chi connectivity index (χ0n) is 17.4. The summed E-state index contributed by atoms with van der Waals surface area (Å²) in [5.41, 5.74) is 0.397. The molecular weight excluding hydrogens is 444 g/mol. The first-order valence-corrected chi connectivity index (χ1v) is 11.4. The quantitative estimate of drug-likeness (QED) is 0.478. The Kier molecular flexibility index (Phi) is 4.86. The maximum atomic E-state index is 13.6. The predicted molar refractivity (Wildman–Crippen MR) is 124 cm³/mol. The van der Waals surface area contributed by atoms with Gasteiger partial charge in [-0.25, -0.2) is 4.98 Å². The highest BCUT2D eigenvalue weighted by molar-refractivity contribution is 7.90. The van der Waals surface area contributed by atoms with Crippen LogP contribution in [0.3, 0.4) is 0 Å². The lowest BCUT2D eigenvalue weighted by atomic mass is 10.1. The number of amidine groups is 1. The number of ether oxygens (including phenoxy) is 1. The Labute approximate surface area is 188 Å². The van der Waals surface area contributed by atoms with Gasteiger partial charge in [0.15, 0.2) is 5.84 Å². The molecule has 0 aliphatic carbocycles. The SMILES string of the molecule is COc1cccc(Cn2c(=O)c(C3=NS(=O)(=O)c4ccccc4N3)c(O)c3cccnc32)c1. The third-order valence-electron chi connectivity index (χ3n) is 5.33. The third kappa shape index (κ3) is 3.50. The van der Waals surface area contributed by atoms with Crippen LogP contribution in [0.15, 0.2) is 80.9 Å². The highest BCUT2D eigenvalue weighted by Gasteiger charge is 2.29. The first-order chi connectivity index (χ1) is 15.9. The number of aromatic nitrogens is 2. The molecule has 9 nitrogen and oxygen atoms in total. The molecule has 0 saturated heterocycles. The molecule has 2 aromatic heterocycles. The second-order valence-corrected chi connectivity index (χ2v) is 8.95. The van der Waals surface area contributed by atoms with Crippen LogP contribution < -0.4 is 15.6 Å². The molecule has 10 heteroatoms. The van der Waals surface area contributed by atoms with Crippen molar-refractivity contribution in [2.24, 2.45) is 4.40 Å². The molecular formula is C23H18N4O5S. The number of fused-ring (bicyclic) bond motifs is 2. The molecule has 5 rings (SSSR count). The Balaban J connectivity index is 1.75. The largest absolute Gasteiger partial charge is 0.506 e. The Morgan fingerprint density at radius 1 is 1.09 bits per heavy atom. The molecule has 4 aromatic rings. The number of aromatic hydroxyl groups is 1. The summed E-state index contributed by atoms with van der Waals surface area (Å²) in [5.74, 6) is -0.0231. The van der Waals surface area contributed by atoms with Gasteiger partial charge in [-0.15, -0.1) is 4.40 Å². The minimum atomic E-state index is -4.07. The number of anilines is 1. The summed E-state index contributed by atoms with van der Waals surface area (Å²) < 4.78 is 35.9. The van der Waals surface area contributed by atoms with Gasteiger partial charge in [-0.1, -0.05) is 24.3 Å². The number of hydrogen-bond acceptors (Lipinski definition) is 7. The van der Waals surface area contributed by atoms with Crippen LogP contribution in [-0.2, 0) is 16.6 Å². The average molecular weight is 462 g/mol. The van der Waals surface area contributed by atoms with E-state index in [1.54, 1.807) is 55.6 Å². The van der Waals surface area contributed by atoms with E-state index in [1.807, 2.05) is 6.07 Å². The molecule has 0 atom stereocenters. The number of methoxy groups -OCH3 is 1. The minimum Gasteiger partial charge on any atom is -0.506 e. The molecule has 2 aromatic carbocycles. The molecule has 33 heavy (non-hydrogen) atoms. The minimum absolute atomic E-state index is 0.00704. The van der Waals surface area contributed by atoms with E-state index in [0.29, 0.717) is 5.75 Å². The van der Waals surface area contributed by atoms with Gasteiger partial charge in [0.05, 0.1) is 24.7 Å². The van der Waals surface area contributed by atoms with E-state index >= 15 is 0 Å². The van der Waals surface area contributed by atoms with E-state index in [1.165, 1.54) is 16.8 Å². The van der Waals surface area contributed by atoms with E-state index in [4.69, 9.17) is 4.74 Å². The summed E-state index contributed by atoms with van der Waals surface area (Å²) in [4.78, 5) is 17.9. The lowest BCUT2D eigenvalue weighted by Gasteiger charge is -2.20. The van der Waals surface area contributed by atoms with Crippen LogP contribution in [0.25, 0.3) is 11.0 Å². The van der Waals surface area contributed by atoms with Crippen molar-refractivity contribution in [2.75, 3.05) is 12.4 Å². The molecule has 1 aliphatic heterocycles. The van der Waals surface area contributed by atoms with E-state index in [-0.39, 0.29) is 39.6 Å². The third-order valence-corrected chi connectivity index (χ3v) is 6.67. The number of pyridine rings is 2. The van der Waals surface area contributed by atoms with E-state index in [0.717, 1.165) is 5.56 Å². The van der Waals surface area contributed by atoms with Crippen LogP contribution in [0.2, 0.25) is 0 Å². The molecule has 0 unspecified atom stereocenters. The number of rotatable bonds is 4. The molecule has 0 radical (unpaired) electrons. The van der Waals surface area contributed by atoms with Crippen molar-refractivity contribution < 1.29 is 18.3 Å². The lowest BCUT2D eigenvalue weighted by molar-refractivity contribution is 0.414. The molecule has 2 N–H and O–H groups in total. The Morgan fingerprint density at radius 3 is 2.73 bits per heavy atom. The number of nitrogens with zero attached hydrogens (tertiary/aromatic N) is 3. The standard InChI is InChI=1S/C23H18N4O5S/c1-32-15-7-4-6-14(12-15)13-27-22-16(8-5-11-24-22)20(28)19(23(27)29)21-25-17-9-2-3-10-18(17)33(30,31)26-21/h2-12,28H,13H2,1H3,(H,25,26). The number of nitrogens with one attached hydrogen (secondary N) is 1. The summed E-state index contributed by atoms with van der Waals surface area (Å²) in [6, 6.07) is 16.6. The lowest BCUT2D eigenvalue weighted by Crippen LogP contribution is -2.33. The molecule has 0 fully saturated rings. The predicted octanol–water partition coefficient (Wildman–Crippen LogP) is 2.72. The van der Waals surface area contributed by atoms with Gasteiger partial charge in [0, 0.05) is 6.20 Å². The number of hydrogen-bond donors (Lipinski definition) is 2. The fourth-order valence-corrected chi connectivity index (χ4v) is 4.92. The number of benzene rings is 2. The zero-order chi connectivity index (χ0) is 23.2.